The van der Waals surface area contributed by atoms with Gasteiger partial charge in [0.1, 0.15) is 5.82 Å². The molecule has 1 aliphatic rings. The highest BCUT2D eigenvalue weighted by molar-refractivity contribution is 5.94. The van der Waals surface area contributed by atoms with Crippen molar-refractivity contribution in [3.63, 3.8) is 0 Å². The Kier molecular flexibility index (Phi) is 3.56. The summed E-state index contributed by atoms with van der Waals surface area (Å²) in [6, 6.07) is 8.91. The Morgan fingerprint density at radius 3 is 2.81 bits per heavy atom. The number of aromatic nitrogens is 1. The lowest BCUT2D eigenvalue weighted by molar-refractivity contribution is 0.0729. The molecule has 0 atom stereocenters. The van der Waals surface area contributed by atoms with Gasteiger partial charge in [-0.1, -0.05) is 12.1 Å². The van der Waals surface area contributed by atoms with Crippen LogP contribution in [0.4, 0.5) is 10.1 Å². The minimum Gasteiger partial charge on any atom is -0.399 e. The maximum absolute atomic E-state index is 13.2. The standard InChI is InChI=1S/C16H16FN3O/c17-13-7-12(8-19-9-13)16(21)20(15-4-5-15)10-11-2-1-3-14(18)6-11/h1-3,6-9,15H,4-5,10,18H2. The van der Waals surface area contributed by atoms with Crippen molar-refractivity contribution in [2.24, 2.45) is 0 Å². The lowest BCUT2D eigenvalue weighted by atomic mass is 10.1. The first kappa shape index (κ1) is 13.5. The lowest BCUT2D eigenvalue weighted by Crippen LogP contribution is -2.32. The number of nitrogen functional groups attached to an aromatic ring is 1. The van der Waals surface area contributed by atoms with Gasteiger partial charge in [-0.2, -0.15) is 0 Å². The van der Waals surface area contributed by atoms with E-state index in [0.717, 1.165) is 24.6 Å². The van der Waals surface area contributed by atoms with Crippen LogP contribution in [0.2, 0.25) is 0 Å². The summed E-state index contributed by atoms with van der Waals surface area (Å²) in [6.07, 6.45) is 4.46. The van der Waals surface area contributed by atoms with E-state index in [1.165, 1.54) is 12.3 Å². The molecule has 0 aliphatic heterocycles. The summed E-state index contributed by atoms with van der Waals surface area (Å²) in [5.74, 6) is -0.688. The van der Waals surface area contributed by atoms with E-state index < -0.39 is 5.82 Å². The summed E-state index contributed by atoms with van der Waals surface area (Å²) in [5.41, 5.74) is 7.69. The number of pyridine rings is 1. The molecule has 2 N–H and O–H groups in total. The molecular weight excluding hydrogens is 269 g/mol. The first-order valence-electron chi connectivity index (χ1n) is 6.89. The molecule has 1 amide bonds. The van der Waals surface area contributed by atoms with Gasteiger partial charge in [-0.05, 0) is 36.6 Å². The molecule has 108 valence electrons. The van der Waals surface area contributed by atoms with Crippen molar-refractivity contribution in [2.75, 3.05) is 5.73 Å². The molecule has 2 aromatic rings. The Hall–Kier alpha value is -2.43. The van der Waals surface area contributed by atoms with Crippen LogP contribution in [0.5, 0.6) is 0 Å². The number of carbonyl (C=O) groups excluding carboxylic acids is 1. The molecule has 0 spiro atoms. The van der Waals surface area contributed by atoms with Crippen molar-refractivity contribution >= 4 is 11.6 Å². The molecule has 0 unspecified atom stereocenters. The number of amides is 1. The summed E-state index contributed by atoms with van der Waals surface area (Å²) in [6.45, 7) is 0.477. The topological polar surface area (TPSA) is 59.2 Å². The van der Waals surface area contributed by atoms with E-state index in [2.05, 4.69) is 4.98 Å². The van der Waals surface area contributed by atoms with E-state index in [0.29, 0.717) is 12.2 Å². The van der Waals surface area contributed by atoms with Crippen molar-refractivity contribution in [2.45, 2.75) is 25.4 Å². The van der Waals surface area contributed by atoms with Crippen LogP contribution in [0.3, 0.4) is 0 Å². The van der Waals surface area contributed by atoms with Gasteiger partial charge in [0.25, 0.3) is 5.91 Å². The van der Waals surface area contributed by atoms with E-state index in [1.807, 2.05) is 24.3 Å². The molecule has 3 rings (SSSR count). The molecule has 1 aromatic heterocycles. The number of nitrogens with zero attached hydrogens (tertiary/aromatic N) is 2. The quantitative estimate of drug-likeness (QED) is 0.878. The number of hydrogen-bond donors (Lipinski definition) is 1. The molecule has 1 fully saturated rings. The summed E-state index contributed by atoms with van der Waals surface area (Å²) in [7, 11) is 0. The van der Waals surface area contributed by atoms with Gasteiger partial charge in [0, 0.05) is 24.5 Å². The Morgan fingerprint density at radius 2 is 2.14 bits per heavy atom. The second kappa shape index (κ2) is 5.52. The van der Waals surface area contributed by atoms with E-state index in [1.54, 1.807) is 4.90 Å². The predicted molar refractivity (Wildman–Crippen MR) is 77.9 cm³/mol. The van der Waals surface area contributed by atoms with E-state index in [-0.39, 0.29) is 17.5 Å². The monoisotopic (exact) mass is 285 g/mol. The average Bonchev–Trinajstić information content (AvgIpc) is 3.29. The lowest BCUT2D eigenvalue weighted by Gasteiger charge is -2.22. The minimum absolute atomic E-state index is 0.188. The number of halogens is 1. The van der Waals surface area contributed by atoms with Gasteiger partial charge < -0.3 is 10.6 Å². The molecule has 1 saturated carbocycles. The maximum atomic E-state index is 13.2. The number of benzene rings is 1. The van der Waals surface area contributed by atoms with Crippen molar-refractivity contribution in [1.29, 1.82) is 0 Å². The molecule has 0 radical (unpaired) electrons. The number of nitrogens with two attached hydrogens (primary N) is 1. The zero-order chi connectivity index (χ0) is 14.8. The Balaban J connectivity index is 1.83. The number of hydrogen-bond acceptors (Lipinski definition) is 3. The summed E-state index contributed by atoms with van der Waals surface area (Å²) in [4.78, 5) is 18.1. The zero-order valence-corrected chi connectivity index (χ0v) is 11.5. The van der Waals surface area contributed by atoms with Crippen LogP contribution in [0.1, 0.15) is 28.8 Å². The Bertz CT molecular complexity index is 670. The van der Waals surface area contributed by atoms with Crippen LogP contribution in [-0.4, -0.2) is 21.8 Å². The fourth-order valence-corrected chi connectivity index (χ4v) is 2.34. The fourth-order valence-electron chi connectivity index (χ4n) is 2.34. The van der Waals surface area contributed by atoms with Crippen molar-refractivity contribution < 1.29 is 9.18 Å². The van der Waals surface area contributed by atoms with Gasteiger partial charge in [-0.15, -0.1) is 0 Å². The van der Waals surface area contributed by atoms with Crippen LogP contribution in [-0.2, 0) is 6.54 Å². The van der Waals surface area contributed by atoms with Crippen LogP contribution >= 0.6 is 0 Å². The molecule has 0 saturated heterocycles. The second-order valence-electron chi connectivity index (χ2n) is 5.30. The van der Waals surface area contributed by atoms with Crippen LogP contribution < -0.4 is 5.73 Å². The molecular formula is C16H16FN3O. The van der Waals surface area contributed by atoms with E-state index in [4.69, 9.17) is 5.73 Å². The van der Waals surface area contributed by atoms with Gasteiger partial charge in [-0.3, -0.25) is 9.78 Å². The zero-order valence-electron chi connectivity index (χ0n) is 11.5. The third-order valence-corrected chi connectivity index (χ3v) is 3.50. The van der Waals surface area contributed by atoms with E-state index >= 15 is 0 Å². The normalized spacial score (nSPS) is 14.0. The number of anilines is 1. The van der Waals surface area contributed by atoms with Gasteiger partial charge in [0.15, 0.2) is 0 Å². The molecule has 1 aliphatic carbocycles. The van der Waals surface area contributed by atoms with Gasteiger partial charge in [0.2, 0.25) is 0 Å². The van der Waals surface area contributed by atoms with Gasteiger partial charge in [-0.25, -0.2) is 4.39 Å². The summed E-state index contributed by atoms with van der Waals surface area (Å²) >= 11 is 0. The minimum atomic E-state index is -0.499. The third-order valence-electron chi connectivity index (χ3n) is 3.50. The SMILES string of the molecule is Nc1cccc(CN(C(=O)c2cncc(F)c2)C2CC2)c1. The average molecular weight is 285 g/mol. The molecule has 1 aromatic carbocycles. The summed E-state index contributed by atoms with van der Waals surface area (Å²) in [5, 5.41) is 0. The van der Waals surface area contributed by atoms with Gasteiger partial charge in [0.05, 0.1) is 11.8 Å². The van der Waals surface area contributed by atoms with Crippen LogP contribution in [0.15, 0.2) is 42.7 Å². The largest absolute Gasteiger partial charge is 0.399 e. The molecule has 0 bridgehead atoms. The summed E-state index contributed by atoms with van der Waals surface area (Å²) < 4.78 is 13.2. The van der Waals surface area contributed by atoms with Crippen molar-refractivity contribution in [3.8, 4) is 0 Å². The third kappa shape index (κ3) is 3.18. The molecule has 21 heavy (non-hydrogen) atoms. The van der Waals surface area contributed by atoms with E-state index in [9.17, 15) is 9.18 Å². The second-order valence-corrected chi connectivity index (χ2v) is 5.30. The fraction of sp³-hybridized carbons (Fsp3) is 0.250. The van der Waals surface area contributed by atoms with Crippen molar-refractivity contribution in [3.05, 3.63) is 59.7 Å². The Morgan fingerprint density at radius 1 is 1.33 bits per heavy atom. The maximum Gasteiger partial charge on any atom is 0.256 e. The highest BCUT2D eigenvalue weighted by Crippen LogP contribution is 2.30. The molecule has 5 heteroatoms. The highest BCUT2D eigenvalue weighted by Gasteiger charge is 2.33. The first-order valence-corrected chi connectivity index (χ1v) is 6.89. The smallest absolute Gasteiger partial charge is 0.256 e. The number of carbonyl (C=O) groups is 1. The Labute approximate surface area is 122 Å². The first-order chi connectivity index (χ1) is 10.1. The predicted octanol–water partition coefficient (Wildman–Crippen LogP) is 2.61. The van der Waals surface area contributed by atoms with Crippen LogP contribution in [0, 0.1) is 5.82 Å². The van der Waals surface area contributed by atoms with Crippen LogP contribution in [0.25, 0.3) is 0 Å². The highest BCUT2D eigenvalue weighted by atomic mass is 19.1. The molecule has 1 heterocycles. The molecule has 4 nitrogen and oxygen atoms in total. The van der Waals surface area contributed by atoms with Crippen molar-refractivity contribution in [1.82, 2.24) is 9.88 Å². The number of rotatable bonds is 4. The van der Waals surface area contributed by atoms with Gasteiger partial charge >= 0.3 is 0 Å².